The number of nitrogens with zero attached hydrogens (tertiary/aromatic N) is 3. The van der Waals surface area contributed by atoms with Crippen LogP contribution in [0.4, 0.5) is 0 Å². The lowest BCUT2D eigenvalue weighted by Crippen LogP contribution is -2.39. The van der Waals surface area contributed by atoms with Gasteiger partial charge in [0.1, 0.15) is 0 Å². The zero-order valence-corrected chi connectivity index (χ0v) is 16.5. The molecule has 4 rings (SSSR count). The Morgan fingerprint density at radius 2 is 2.18 bits per heavy atom. The molecule has 148 valence electrons. The summed E-state index contributed by atoms with van der Waals surface area (Å²) in [5.41, 5.74) is 4.21. The van der Waals surface area contributed by atoms with Gasteiger partial charge < -0.3 is 19.8 Å². The zero-order valence-electron chi connectivity index (χ0n) is 15.7. The number of ether oxygens (including phenoxy) is 2. The number of methoxy groups -OCH3 is 1. The predicted octanol–water partition coefficient (Wildman–Crippen LogP) is 2.79. The van der Waals surface area contributed by atoms with E-state index in [2.05, 4.69) is 25.3 Å². The highest BCUT2D eigenvalue weighted by Gasteiger charge is 2.25. The monoisotopic (exact) mass is 401 g/mol. The summed E-state index contributed by atoms with van der Waals surface area (Å²) in [5.74, 6) is -0.177. The van der Waals surface area contributed by atoms with Crippen molar-refractivity contribution >= 4 is 28.3 Å². The van der Waals surface area contributed by atoms with E-state index in [1.807, 2.05) is 6.07 Å². The number of hydrogen-bond donors (Lipinski definition) is 2. The molecule has 0 saturated heterocycles. The van der Waals surface area contributed by atoms with Crippen LogP contribution in [-0.2, 0) is 9.47 Å². The number of amides is 1. The summed E-state index contributed by atoms with van der Waals surface area (Å²) in [6, 6.07) is 2.00. The topological polar surface area (TPSA) is 102 Å². The summed E-state index contributed by atoms with van der Waals surface area (Å²) in [6.07, 6.45) is 7.23. The van der Waals surface area contributed by atoms with Gasteiger partial charge >= 0.3 is 0 Å². The third kappa shape index (κ3) is 4.21. The largest absolute Gasteiger partial charge is 0.382 e. The van der Waals surface area contributed by atoms with E-state index in [-0.39, 0.29) is 18.1 Å². The Morgan fingerprint density at radius 3 is 2.93 bits per heavy atom. The summed E-state index contributed by atoms with van der Waals surface area (Å²) in [5, 5.41) is 3.14. The number of hydrogen-bond acceptors (Lipinski definition) is 7. The molecular formula is C19H23N5O3S. The highest BCUT2D eigenvalue weighted by molar-refractivity contribution is 7.13. The molecule has 1 fully saturated rings. The highest BCUT2D eigenvalue weighted by Crippen LogP contribution is 2.26. The van der Waals surface area contributed by atoms with Crippen molar-refractivity contribution in [3.05, 3.63) is 29.8 Å². The molecule has 1 saturated carbocycles. The molecule has 2 N–H and O–H groups in total. The Kier molecular flexibility index (Phi) is 5.94. The van der Waals surface area contributed by atoms with E-state index < -0.39 is 0 Å². The quantitative estimate of drug-likeness (QED) is 0.590. The minimum atomic E-state index is -0.177. The molecule has 8 nitrogen and oxygen atoms in total. The number of pyridine rings is 1. The molecule has 0 radical (unpaired) electrons. The number of carbonyl (C=O) groups is 1. The average molecular weight is 401 g/mol. The molecule has 0 aliphatic heterocycles. The van der Waals surface area contributed by atoms with Crippen molar-refractivity contribution < 1.29 is 14.3 Å². The first-order valence-electron chi connectivity index (χ1n) is 9.39. The zero-order chi connectivity index (χ0) is 19.3. The maximum Gasteiger partial charge on any atom is 0.272 e. The lowest BCUT2D eigenvalue weighted by molar-refractivity contribution is -0.00409. The van der Waals surface area contributed by atoms with Gasteiger partial charge in [0.25, 0.3) is 5.91 Å². The summed E-state index contributed by atoms with van der Waals surface area (Å²) in [6.45, 7) is 1.23. The first-order chi connectivity index (χ1) is 13.7. The maximum atomic E-state index is 13.0. The van der Waals surface area contributed by atoms with E-state index in [0.717, 1.165) is 36.1 Å². The van der Waals surface area contributed by atoms with E-state index in [0.29, 0.717) is 30.1 Å². The van der Waals surface area contributed by atoms with Gasteiger partial charge in [-0.05, 0) is 31.7 Å². The number of imidazole rings is 1. The second-order valence-corrected chi connectivity index (χ2v) is 7.72. The van der Waals surface area contributed by atoms with Crippen molar-refractivity contribution in [2.45, 2.75) is 37.8 Å². The van der Waals surface area contributed by atoms with Crippen molar-refractivity contribution in [3.8, 4) is 10.6 Å². The number of aromatic amines is 1. The summed E-state index contributed by atoms with van der Waals surface area (Å²) in [7, 11) is 1.67. The molecule has 3 aromatic heterocycles. The van der Waals surface area contributed by atoms with Crippen molar-refractivity contribution in [1.29, 1.82) is 0 Å². The third-order valence-electron chi connectivity index (χ3n) is 4.96. The van der Waals surface area contributed by atoms with Gasteiger partial charge in [-0.15, -0.1) is 11.3 Å². The van der Waals surface area contributed by atoms with Crippen LogP contribution in [0, 0.1) is 0 Å². The predicted molar refractivity (Wildman–Crippen MR) is 106 cm³/mol. The Labute approximate surface area is 166 Å². The molecular weight excluding hydrogens is 378 g/mol. The Hall–Kier alpha value is -2.36. The molecule has 3 aromatic rings. The lowest BCUT2D eigenvalue weighted by Gasteiger charge is -2.29. The van der Waals surface area contributed by atoms with E-state index in [4.69, 9.17) is 9.47 Å². The van der Waals surface area contributed by atoms with Crippen LogP contribution in [0.15, 0.2) is 24.1 Å². The second-order valence-electron chi connectivity index (χ2n) is 6.83. The molecule has 1 aliphatic rings. The minimum absolute atomic E-state index is 0.126. The molecule has 0 unspecified atom stereocenters. The lowest BCUT2D eigenvalue weighted by atomic mass is 9.93. The number of carbonyl (C=O) groups excluding carboxylic acids is 1. The number of rotatable bonds is 7. The van der Waals surface area contributed by atoms with E-state index >= 15 is 0 Å². The fourth-order valence-corrected chi connectivity index (χ4v) is 4.08. The van der Waals surface area contributed by atoms with Crippen molar-refractivity contribution in [3.63, 3.8) is 0 Å². The molecule has 0 bridgehead atoms. The number of nitrogens with one attached hydrogen (secondary N) is 2. The number of aromatic nitrogens is 4. The van der Waals surface area contributed by atoms with E-state index in [9.17, 15) is 4.79 Å². The fraction of sp³-hybridized carbons (Fsp3) is 0.474. The van der Waals surface area contributed by atoms with Gasteiger partial charge in [-0.3, -0.25) is 9.78 Å². The fourth-order valence-electron chi connectivity index (χ4n) is 3.50. The standard InChI is InChI=1S/C19H23N5O3S/c1-26-6-7-27-13-4-2-12(3-5-13)23-19(25)18-17-15(21-10-22-17)8-14(24-18)16-9-20-11-28-16/h8-13H,2-7H2,1H3,(H,21,22)(H,23,25). The average Bonchev–Trinajstić information content (AvgIpc) is 3.40. The van der Waals surface area contributed by atoms with Crippen LogP contribution in [0.5, 0.6) is 0 Å². The smallest absolute Gasteiger partial charge is 0.272 e. The molecule has 1 amide bonds. The van der Waals surface area contributed by atoms with Crippen molar-refractivity contribution in [1.82, 2.24) is 25.3 Å². The van der Waals surface area contributed by atoms with Gasteiger partial charge in [-0.25, -0.2) is 9.97 Å². The van der Waals surface area contributed by atoms with Crippen LogP contribution in [0.1, 0.15) is 36.2 Å². The molecule has 3 heterocycles. The van der Waals surface area contributed by atoms with Gasteiger partial charge in [-0.2, -0.15) is 0 Å². The second kappa shape index (κ2) is 8.76. The van der Waals surface area contributed by atoms with Crippen LogP contribution >= 0.6 is 11.3 Å². The summed E-state index contributed by atoms with van der Waals surface area (Å²) in [4.78, 5) is 29.9. The third-order valence-corrected chi connectivity index (χ3v) is 5.76. The number of fused-ring (bicyclic) bond motifs is 1. The summed E-state index contributed by atoms with van der Waals surface area (Å²) < 4.78 is 10.8. The van der Waals surface area contributed by atoms with Crippen LogP contribution in [0.25, 0.3) is 21.6 Å². The Balaban J connectivity index is 1.44. The van der Waals surface area contributed by atoms with Gasteiger partial charge in [0.05, 0.1) is 52.8 Å². The molecule has 1 aliphatic carbocycles. The van der Waals surface area contributed by atoms with Gasteiger partial charge in [0.2, 0.25) is 0 Å². The normalized spacial score (nSPS) is 19.8. The number of thiazole rings is 1. The van der Waals surface area contributed by atoms with E-state index in [1.165, 1.54) is 11.3 Å². The van der Waals surface area contributed by atoms with Crippen LogP contribution in [-0.4, -0.2) is 58.3 Å². The first-order valence-corrected chi connectivity index (χ1v) is 10.3. The Morgan fingerprint density at radius 1 is 1.32 bits per heavy atom. The first kappa shape index (κ1) is 19.0. The molecule has 0 spiro atoms. The minimum Gasteiger partial charge on any atom is -0.382 e. The SMILES string of the molecule is COCCOC1CCC(NC(=O)c2nc(-c3cncs3)cc3nc[nH]c23)CC1. The molecule has 0 atom stereocenters. The van der Waals surface area contributed by atoms with E-state index in [1.54, 1.807) is 25.1 Å². The van der Waals surface area contributed by atoms with Gasteiger partial charge in [-0.1, -0.05) is 0 Å². The van der Waals surface area contributed by atoms with Gasteiger partial charge in [0.15, 0.2) is 5.69 Å². The molecule has 9 heteroatoms. The molecule has 28 heavy (non-hydrogen) atoms. The number of H-pyrrole nitrogens is 1. The van der Waals surface area contributed by atoms with Crippen molar-refractivity contribution in [2.24, 2.45) is 0 Å². The van der Waals surface area contributed by atoms with Gasteiger partial charge in [0, 0.05) is 19.3 Å². The van der Waals surface area contributed by atoms with Crippen LogP contribution in [0.2, 0.25) is 0 Å². The maximum absolute atomic E-state index is 13.0. The molecule has 0 aromatic carbocycles. The summed E-state index contributed by atoms with van der Waals surface area (Å²) >= 11 is 1.49. The highest BCUT2D eigenvalue weighted by atomic mass is 32.1. The van der Waals surface area contributed by atoms with Crippen molar-refractivity contribution in [2.75, 3.05) is 20.3 Å². The van der Waals surface area contributed by atoms with Crippen LogP contribution < -0.4 is 5.32 Å². The Bertz CT molecular complexity index is 919. The van der Waals surface area contributed by atoms with Crippen LogP contribution in [0.3, 0.4) is 0 Å².